The number of carbonyl (C=O) groups is 2. The van der Waals surface area contributed by atoms with E-state index in [2.05, 4.69) is 29.8 Å². The number of thioether (sulfide) groups is 1. The standard InChI is InChI=1S/C15H22BrN3O3S/c1-9(2)23-7-6-12(17)13(20)15(22)19(18)14(21)10-4-3-5-11(16)8-10/h3-5,8-9,12-13,20H,6-7,17-18H2,1-2H3/t12-,13?/m1/s1. The van der Waals surface area contributed by atoms with Gasteiger partial charge < -0.3 is 10.8 Å². The van der Waals surface area contributed by atoms with Crippen molar-refractivity contribution in [1.82, 2.24) is 5.01 Å². The van der Waals surface area contributed by atoms with Gasteiger partial charge in [0, 0.05) is 16.1 Å². The summed E-state index contributed by atoms with van der Waals surface area (Å²) in [6, 6.07) is 5.71. The Morgan fingerprint density at radius 2 is 2.04 bits per heavy atom. The van der Waals surface area contributed by atoms with Gasteiger partial charge in [-0.15, -0.1) is 0 Å². The molecule has 0 spiro atoms. The molecular formula is C15H22BrN3O3S. The molecule has 0 aromatic heterocycles. The molecule has 0 saturated carbocycles. The Balaban J connectivity index is 2.65. The lowest BCUT2D eigenvalue weighted by Gasteiger charge is -2.22. The molecule has 0 saturated heterocycles. The number of benzene rings is 1. The maximum Gasteiger partial charge on any atom is 0.274 e. The van der Waals surface area contributed by atoms with Crippen LogP contribution in [0.3, 0.4) is 0 Å². The molecule has 2 atom stereocenters. The van der Waals surface area contributed by atoms with Gasteiger partial charge in [0.15, 0.2) is 0 Å². The van der Waals surface area contributed by atoms with Crippen molar-refractivity contribution in [3.05, 3.63) is 34.3 Å². The van der Waals surface area contributed by atoms with E-state index in [9.17, 15) is 14.7 Å². The van der Waals surface area contributed by atoms with E-state index in [-0.39, 0.29) is 5.56 Å². The predicted molar refractivity (Wildman–Crippen MR) is 95.7 cm³/mol. The Labute approximate surface area is 148 Å². The maximum absolute atomic E-state index is 12.2. The molecule has 5 N–H and O–H groups in total. The van der Waals surface area contributed by atoms with E-state index in [1.54, 1.807) is 30.0 Å². The molecule has 23 heavy (non-hydrogen) atoms. The Bertz CT molecular complexity index is 557. The van der Waals surface area contributed by atoms with Gasteiger partial charge in [-0.25, -0.2) is 10.9 Å². The minimum Gasteiger partial charge on any atom is -0.382 e. The Morgan fingerprint density at radius 1 is 1.39 bits per heavy atom. The molecule has 0 aliphatic carbocycles. The largest absolute Gasteiger partial charge is 0.382 e. The number of aliphatic hydroxyl groups excluding tert-OH is 1. The highest BCUT2D eigenvalue weighted by atomic mass is 79.9. The number of hydrogen-bond acceptors (Lipinski definition) is 6. The number of hydrazine groups is 1. The van der Waals surface area contributed by atoms with Crippen molar-refractivity contribution in [3.8, 4) is 0 Å². The highest BCUT2D eigenvalue weighted by Gasteiger charge is 2.30. The number of rotatable bonds is 7. The van der Waals surface area contributed by atoms with Crippen LogP contribution in [0.5, 0.6) is 0 Å². The van der Waals surface area contributed by atoms with Crippen molar-refractivity contribution in [2.45, 2.75) is 37.7 Å². The molecule has 6 nitrogen and oxygen atoms in total. The maximum atomic E-state index is 12.2. The lowest BCUT2D eigenvalue weighted by molar-refractivity contribution is -0.138. The fraction of sp³-hybridized carbons (Fsp3) is 0.467. The molecule has 1 rings (SSSR count). The molecule has 1 aromatic carbocycles. The summed E-state index contributed by atoms with van der Waals surface area (Å²) in [6.45, 7) is 4.10. The fourth-order valence-electron chi connectivity index (χ4n) is 1.78. The van der Waals surface area contributed by atoms with Crippen LogP contribution in [0.4, 0.5) is 0 Å². The van der Waals surface area contributed by atoms with Crippen molar-refractivity contribution in [1.29, 1.82) is 0 Å². The third-order valence-electron chi connectivity index (χ3n) is 3.09. The van der Waals surface area contributed by atoms with Crippen LogP contribution in [0.2, 0.25) is 0 Å². The van der Waals surface area contributed by atoms with Crippen molar-refractivity contribution >= 4 is 39.5 Å². The van der Waals surface area contributed by atoms with Crippen LogP contribution >= 0.6 is 27.7 Å². The van der Waals surface area contributed by atoms with Crippen LogP contribution in [0.25, 0.3) is 0 Å². The lowest BCUT2D eigenvalue weighted by Crippen LogP contribution is -2.53. The number of nitrogens with two attached hydrogens (primary N) is 2. The molecule has 0 radical (unpaired) electrons. The van der Waals surface area contributed by atoms with Gasteiger partial charge in [0.25, 0.3) is 11.8 Å². The molecule has 128 valence electrons. The minimum absolute atomic E-state index is 0.242. The molecule has 0 fully saturated rings. The van der Waals surface area contributed by atoms with E-state index in [0.29, 0.717) is 26.9 Å². The molecule has 0 bridgehead atoms. The van der Waals surface area contributed by atoms with E-state index in [4.69, 9.17) is 11.6 Å². The molecule has 8 heteroatoms. The zero-order valence-corrected chi connectivity index (χ0v) is 15.5. The van der Waals surface area contributed by atoms with Gasteiger partial charge in [-0.3, -0.25) is 9.59 Å². The summed E-state index contributed by atoms with van der Waals surface area (Å²) >= 11 is 4.92. The Kier molecular flexibility index (Phi) is 8.21. The average molecular weight is 404 g/mol. The zero-order chi connectivity index (χ0) is 17.6. The van der Waals surface area contributed by atoms with Crippen LogP contribution in [-0.2, 0) is 4.79 Å². The summed E-state index contributed by atoms with van der Waals surface area (Å²) in [7, 11) is 0. The average Bonchev–Trinajstić information content (AvgIpc) is 2.51. The first-order valence-corrected chi connectivity index (χ1v) is 9.02. The highest BCUT2D eigenvalue weighted by molar-refractivity contribution is 9.10. The number of amides is 2. The summed E-state index contributed by atoms with van der Waals surface area (Å²) in [5.74, 6) is 4.67. The summed E-state index contributed by atoms with van der Waals surface area (Å²) in [5.41, 5.74) is 6.06. The number of aliphatic hydroxyl groups is 1. The first-order valence-electron chi connectivity index (χ1n) is 7.17. The topological polar surface area (TPSA) is 110 Å². The third kappa shape index (κ3) is 6.23. The van der Waals surface area contributed by atoms with Gasteiger partial charge in [-0.2, -0.15) is 11.8 Å². The SMILES string of the molecule is CC(C)SCC[C@@H](N)C(O)C(=O)N(N)C(=O)c1cccc(Br)c1. The first kappa shape index (κ1) is 20.1. The van der Waals surface area contributed by atoms with Crippen molar-refractivity contribution in [2.24, 2.45) is 11.6 Å². The number of carbonyl (C=O) groups excluding carboxylic acids is 2. The van der Waals surface area contributed by atoms with Crippen LogP contribution in [0.15, 0.2) is 28.7 Å². The highest BCUT2D eigenvalue weighted by Crippen LogP contribution is 2.15. The van der Waals surface area contributed by atoms with E-state index >= 15 is 0 Å². The van der Waals surface area contributed by atoms with Gasteiger partial charge in [0.2, 0.25) is 0 Å². The van der Waals surface area contributed by atoms with Crippen LogP contribution in [-0.4, -0.2) is 45.1 Å². The molecule has 1 aromatic rings. The third-order valence-corrected chi connectivity index (χ3v) is 4.72. The quantitative estimate of drug-likeness (QED) is 0.361. The zero-order valence-electron chi connectivity index (χ0n) is 13.1. The molecule has 0 heterocycles. The summed E-state index contributed by atoms with van der Waals surface area (Å²) in [6.07, 6.45) is -1.06. The lowest BCUT2D eigenvalue weighted by atomic mass is 10.1. The fourth-order valence-corrected chi connectivity index (χ4v) is 3.06. The molecule has 2 amide bonds. The summed E-state index contributed by atoms with van der Waals surface area (Å²) in [5, 5.41) is 10.9. The van der Waals surface area contributed by atoms with Gasteiger partial charge in [0.1, 0.15) is 6.10 Å². The van der Waals surface area contributed by atoms with Crippen molar-refractivity contribution in [2.75, 3.05) is 5.75 Å². The second-order valence-corrected chi connectivity index (χ2v) is 7.94. The summed E-state index contributed by atoms with van der Waals surface area (Å²) in [4.78, 5) is 24.3. The van der Waals surface area contributed by atoms with Crippen LogP contribution in [0, 0.1) is 0 Å². The van der Waals surface area contributed by atoms with Gasteiger partial charge in [-0.1, -0.05) is 35.8 Å². The normalized spacial score (nSPS) is 13.7. The van der Waals surface area contributed by atoms with E-state index in [1.165, 1.54) is 6.07 Å². The molecular weight excluding hydrogens is 382 g/mol. The van der Waals surface area contributed by atoms with E-state index in [0.717, 1.165) is 0 Å². The Hall–Kier alpha value is -0.930. The predicted octanol–water partition coefficient (Wildman–Crippen LogP) is 1.51. The smallest absolute Gasteiger partial charge is 0.274 e. The number of hydrogen-bond donors (Lipinski definition) is 3. The number of halogens is 1. The molecule has 0 aliphatic heterocycles. The molecule has 1 unspecified atom stereocenters. The van der Waals surface area contributed by atoms with E-state index < -0.39 is 24.0 Å². The second-order valence-electron chi connectivity index (χ2n) is 5.34. The van der Waals surface area contributed by atoms with Crippen LogP contribution in [0.1, 0.15) is 30.6 Å². The minimum atomic E-state index is -1.51. The summed E-state index contributed by atoms with van der Waals surface area (Å²) < 4.78 is 0.687. The van der Waals surface area contributed by atoms with Crippen molar-refractivity contribution in [3.63, 3.8) is 0 Å². The van der Waals surface area contributed by atoms with Gasteiger partial charge in [0.05, 0.1) is 0 Å². The van der Waals surface area contributed by atoms with Gasteiger partial charge >= 0.3 is 0 Å². The monoisotopic (exact) mass is 403 g/mol. The van der Waals surface area contributed by atoms with Crippen LogP contribution < -0.4 is 11.6 Å². The van der Waals surface area contributed by atoms with E-state index in [1.807, 2.05) is 0 Å². The molecule has 0 aliphatic rings. The number of imide groups is 1. The first-order chi connectivity index (χ1) is 10.7. The van der Waals surface area contributed by atoms with Crippen molar-refractivity contribution < 1.29 is 14.7 Å². The number of nitrogens with zero attached hydrogens (tertiary/aromatic N) is 1. The Morgan fingerprint density at radius 3 is 2.61 bits per heavy atom. The second kappa shape index (κ2) is 9.39. The van der Waals surface area contributed by atoms with Gasteiger partial charge in [-0.05, 0) is 35.6 Å².